The van der Waals surface area contributed by atoms with Gasteiger partial charge in [0.2, 0.25) is 0 Å². The van der Waals surface area contributed by atoms with E-state index in [9.17, 15) is 4.79 Å². The van der Waals surface area contributed by atoms with E-state index in [1.807, 2.05) is 18.2 Å². The van der Waals surface area contributed by atoms with Crippen LogP contribution in [0.1, 0.15) is 15.2 Å². The summed E-state index contributed by atoms with van der Waals surface area (Å²) >= 11 is 1.32. The molecule has 0 bridgehead atoms. The lowest BCUT2D eigenvalue weighted by Crippen LogP contribution is -2.34. The summed E-state index contributed by atoms with van der Waals surface area (Å²) in [6.07, 6.45) is 7.26. The zero-order valence-electron chi connectivity index (χ0n) is 12.7. The average Bonchev–Trinajstić information content (AvgIpc) is 3.29. The molecule has 1 unspecified atom stereocenters. The van der Waals surface area contributed by atoms with Gasteiger partial charge in [-0.2, -0.15) is 0 Å². The fourth-order valence-electron chi connectivity index (χ4n) is 2.71. The summed E-state index contributed by atoms with van der Waals surface area (Å²) in [7, 11) is 0. The number of nitrogens with one attached hydrogen (secondary N) is 1. The number of carbonyl (C=O) groups excluding carboxylic acids is 1. The lowest BCUT2D eigenvalue weighted by Gasteiger charge is -2.12. The number of nitrogens with zero attached hydrogens (tertiary/aromatic N) is 3. The van der Waals surface area contributed by atoms with Crippen molar-refractivity contribution in [3.63, 3.8) is 0 Å². The molecule has 120 valence electrons. The number of fused-ring (bicyclic) bond motifs is 1. The van der Waals surface area contributed by atoms with Gasteiger partial charge in [0.15, 0.2) is 0 Å². The third-order valence-corrected chi connectivity index (χ3v) is 4.59. The molecule has 1 aliphatic heterocycles. The van der Waals surface area contributed by atoms with Gasteiger partial charge < -0.3 is 10.1 Å². The molecule has 24 heavy (non-hydrogen) atoms. The van der Waals surface area contributed by atoms with Crippen molar-refractivity contribution in [1.29, 1.82) is 0 Å². The molecule has 0 aliphatic carbocycles. The first-order valence-corrected chi connectivity index (χ1v) is 8.41. The number of carbonyl (C=O) groups is 1. The fraction of sp³-hybridized carbons (Fsp3) is 0.176. The minimum absolute atomic E-state index is 0.0882. The maximum atomic E-state index is 12.0. The van der Waals surface area contributed by atoms with Gasteiger partial charge in [0.05, 0.1) is 30.1 Å². The molecule has 4 rings (SSSR count). The highest BCUT2D eigenvalue weighted by Crippen LogP contribution is 2.37. The van der Waals surface area contributed by atoms with Gasteiger partial charge in [0.1, 0.15) is 16.7 Å². The zero-order chi connectivity index (χ0) is 16.4. The van der Waals surface area contributed by atoms with E-state index in [1.54, 1.807) is 30.3 Å². The predicted molar refractivity (Wildman–Crippen MR) is 90.0 cm³/mol. The molecule has 1 aliphatic rings. The highest BCUT2D eigenvalue weighted by Gasteiger charge is 2.26. The first kappa shape index (κ1) is 14.8. The van der Waals surface area contributed by atoms with Crippen LogP contribution in [-0.4, -0.2) is 33.5 Å². The number of hydrogen-bond donors (Lipinski definition) is 1. The normalized spacial score (nSPS) is 15.6. The fourth-order valence-corrected chi connectivity index (χ4v) is 3.25. The number of para-hydroxylation sites is 1. The van der Waals surface area contributed by atoms with Crippen LogP contribution < -0.4 is 10.1 Å². The molecule has 0 saturated carbocycles. The molecule has 2 aromatic heterocycles. The van der Waals surface area contributed by atoms with Crippen molar-refractivity contribution in [2.45, 2.75) is 12.5 Å². The summed E-state index contributed by atoms with van der Waals surface area (Å²) in [5, 5.41) is 2.90. The molecule has 1 aromatic carbocycles. The Bertz CT molecular complexity index is 852. The van der Waals surface area contributed by atoms with Crippen LogP contribution in [0.3, 0.4) is 0 Å². The standard InChI is InChI=1S/C17H14N4O2S/c22-17(15-9-19-10-24-15)21-7-12-6-11-2-1-3-13(16(11)23-12)14-8-18-4-5-20-14/h1-5,8-10,12H,6-7H2,(H,21,22). The van der Waals surface area contributed by atoms with Crippen LogP contribution in [0, 0.1) is 0 Å². The van der Waals surface area contributed by atoms with Gasteiger partial charge in [0.25, 0.3) is 5.91 Å². The van der Waals surface area contributed by atoms with Crippen molar-refractivity contribution in [3.05, 3.63) is 58.9 Å². The Balaban J connectivity index is 1.47. The summed E-state index contributed by atoms with van der Waals surface area (Å²) in [6.45, 7) is 0.450. The second kappa shape index (κ2) is 6.37. The summed E-state index contributed by atoms with van der Waals surface area (Å²) in [5.74, 6) is 0.709. The molecule has 6 nitrogen and oxygen atoms in total. The lowest BCUT2D eigenvalue weighted by atomic mass is 10.0. The van der Waals surface area contributed by atoms with Crippen molar-refractivity contribution < 1.29 is 9.53 Å². The van der Waals surface area contributed by atoms with Gasteiger partial charge >= 0.3 is 0 Å². The Morgan fingerprint density at radius 1 is 1.29 bits per heavy atom. The molecule has 7 heteroatoms. The molecule has 0 saturated heterocycles. The largest absolute Gasteiger partial charge is 0.487 e. The van der Waals surface area contributed by atoms with Gasteiger partial charge in [-0.25, -0.2) is 0 Å². The van der Waals surface area contributed by atoms with Crippen LogP contribution in [0.25, 0.3) is 11.3 Å². The highest BCUT2D eigenvalue weighted by molar-refractivity contribution is 7.11. The first-order chi connectivity index (χ1) is 11.8. The molecule has 1 amide bonds. The predicted octanol–water partition coefficient (Wildman–Crippen LogP) is 2.33. The summed E-state index contributed by atoms with van der Waals surface area (Å²) < 4.78 is 6.07. The molecular formula is C17H14N4O2S. The van der Waals surface area contributed by atoms with Gasteiger partial charge in [-0.15, -0.1) is 11.3 Å². The van der Waals surface area contributed by atoms with Gasteiger partial charge in [-0.05, 0) is 11.6 Å². The molecule has 3 heterocycles. The van der Waals surface area contributed by atoms with Crippen LogP contribution in [0.15, 0.2) is 48.5 Å². The van der Waals surface area contributed by atoms with E-state index in [1.165, 1.54) is 11.3 Å². The lowest BCUT2D eigenvalue weighted by molar-refractivity contribution is 0.0937. The van der Waals surface area contributed by atoms with Crippen molar-refractivity contribution in [1.82, 2.24) is 20.3 Å². The van der Waals surface area contributed by atoms with Crippen molar-refractivity contribution in [2.24, 2.45) is 0 Å². The Labute approximate surface area is 142 Å². The Kier molecular flexibility index (Phi) is 3.92. The number of ether oxygens (including phenoxy) is 1. The molecular weight excluding hydrogens is 324 g/mol. The second-order valence-electron chi connectivity index (χ2n) is 5.40. The van der Waals surface area contributed by atoms with Gasteiger partial charge in [0, 0.05) is 24.4 Å². The number of hydrogen-bond acceptors (Lipinski definition) is 6. The number of benzene rings is 1. The Hall–Kier alpha value is -2.80. The zero-order valence-corrected chi connectivity index (χ0v) is 13.5. The number of amides is 1. The van der Waals surface area contributed by atoms with Crippen LogP contribution in [0.5, 0.6) is 5.75 Å². The van der Waals surface area contributed by atoms with Gasteiger partial charge in [-0.1, -0.05) is 12.1 Å². The van der Waals surface area contributed by atoms with E-state index in [4.69, 9.17) is 4.74 Å². The summed E-state index contributed by atoms with van der Waals surface area (Å²) in [5.41, 5.74) is 4.47. The first-order valence-electron chi connectivity index (χ1n) is 7.53. The number of thiazole rings is 1. The minimum Gasteiger partial charge on any atom is -0.487 e. The third kappa shape index (κ3) is 2.85. The van der Waals surface area contributed by atoms with E-state index in [2.05, 4.69) is 20.3 Å². The van der Waals surface area contributed by atoms with Gasteiger partial charge in [-0.3, -0.25) is 19.7 Å². The molecule has 1 N–H and O–H groups in total. The quantitative estimate of drug-likeness (QED) is 0.790. The number of rotatable bonds is 4. The van der Waals surface area contributed by atoms with E-state index < -0.39 is 0 Å². The van der Waals surface area contributed by atoms with Crippen molar-refractivity contribution in [3.8, 4) is 17.0 Å². The maximum Gasteiger partial charge on any atom is 0.263 e. The third-order valence-electron chi connectivity index (χ3n) is 3.81. The van der Waals surface area contributed by atoms with Crippen LogP contribution in [0.2, 0.25) is 0 Å². The molecule has 0 spiro atoms. The van der Waals surface area contributed by atoms with E-state index in [0.29, 0.717) is 11.4 Å². The smallest absolute Gasteiger partial charge is 0.263 e. The second-order valence-corrected chi connectivity index (χ2v) is 6.29. The molecule has 0 radical (unpaired) electrons. The minimum atomic E-state index is -0.119. The van der Waals surface area contributed by atoms with E-state index in [0.717, 1.165) is 29.0 Å². The highest BCUT2D eigenvalue weighted by atomic mass is 32.1. The number of aromatic nitrogens is 3. The Morgan fingerprint density at radius 3 is 3.04 bits per heavy atom. The maximum absolute atomic E-state index is 12.0. The topological polar surface area (TPSA) is 77.0 Å². The van der Waals surface area contributed by atoms with E-state index in [-0.39, 0.29) is 12.0 Å². The van der Waals surface area contributed by atoms with Crippen molar-refractivity contribution >= 4 is 17.2 Å². The van der Waals surface area contributed by atoms with Crippen LogP contribution >= 0.6 is 11.3 Å². The summed E-state index contributed by atoms with van der Waals surface area (Å²) in [6, 6.07) is 6.01. The monoisotopic (exact) mass is 338 g/mol. The molecule has 1 atom stereocenters. The summed E-state index contributed by atoms with van der Waals surface area (Å²) in [4.78, 5) is 25.0. The SMILES string of the molecule is O=C(NCC1Cc2cccc(-c3cnccn3)c2O1)c1cncs1. The molecule has 0 fully saturated rings. The van der Waals surface area contributed by atoms with Crippen LogP contribution in [-0.2, 0) is 6.42 Å². The average molecular weight is 338 g/mol. The van der Waals surface area contributed by atoms with Crippen LogP contribution in [0.4, 0.5) is 0 Å². The van der Waals surface area contributed by atoms with E-state index >= 15 is 0 Å². The molecule has 3 aromatic rings. The van der Waals surface area contributed by atoms with Crippen molar-refractivity contribution in [2.75, 3.05) is 6.54 Å². The Morgan fingerprint density at radius 2 is 2.25 bits per heavy atom.